The summed E-state index contributed by atoms with van der Waals surface area (Å²) < 4.78 is 39.9. The summed E-state index contributed by atoms with van der Waals surface area (Å²) in [5, 5.41) is 20.8. The molecule has 128 valence electrons. The standard InChI is InChI=1S/C14H20F3N5O/c1-2-3-4-5-13(23,6-11-7-19-21-20-11)9-22-10-18-8-12(22)14(15,16)17/h7-8,10,23H,2-6,9H2,1H3,(H,19,20,21). The van der Waals surface area contributed by atoms with Crippen molar-refractivity contribution in [2.45, 2.75) is 57.3 Å². The average molecular weight is 331 g/mol. The van der Waals surface area contributed by atoms with Crippen LogP contribution in [0.1, 0.15) is 44.0 Å². The monoisotopic (exact) mass is 331 g/mol. The molecule has 6 nitrogen and oxygen atoms in total. The van der Waals surface area contributed by atoms with Gasteiger partial charge in [0.2, 0.25) is 0 Å². The SMILES string of the molecule is CCCCCC(O)(Cc1c[nH]nn1)Cn1cncc1C(F)(F)F. The predicted octanol–water partition coefficient (Wildman–Crippen LogP) is 2.57. The number of rotatable bonds is 8. The average Bonchev–Trinajstić information content (AvgIpc) is 3.09. The minimum Gasteiger partial charge on any atom is -0.388 e. The highest BCUT2D eigenvalue weighted by atomic mass is 19.4. The Kier molecular flexibility index (Phi) is 5.40. The quantitative estimate of drug-likeness (QED) is 0.729. The molecule has 1 atom stereocenters. The van der Waals surface area contributed by atoms with E-state index in [4.69, 9.17) is 0 Å². The van der Waals surface area contributed by atoms with Crippen LogP contribution < -0.4 is 0 Å². The Labute approximate surface area is 131 Å². The summed E-state index contributed by atoms with van der Waals surface area (Å²) in [5.74, 6) is 0. The van der Waals surface area contributed by atoms with Crippen molar-refractivity contribution in [2.75, 3.05) is 0 Å². The van der Waals surface area contributed by atoms with E-state index in [0.717, 1.165) is 36.4 Å². The lowest BCUT2D eigenvalue weighted by molar-refractivity contribution is -0.145. The number of halogens is 3. The molecule has 0 aromatic carbocycles. The molecule has 23 heavy (non-hydrogen) atoms. The topological polar surface area (TPSA) is 79.6 Å². The molecule has 2 aromatic heterocycles. The van der Waals surface area contributed by atoms with Crippen LogP contribution in [0.4, 0.5) is 13.2 Å². The van der Waals surface area contributed by atoms with E-state index in [1.807, 2.05) is 6.92 Å². The highest BCUT2D eigenvalue weighted by Crippen LogP contribution is 2.31. The lowest BCUT2D eigenvalue weighted by Gasteiger charge is -2.29. The number of H-pyrrole nitrogens is 1. The van der Waals surface area contributed by atoms with Gasteiger partial charge >= 0.3 is 6.18 Å². The van der Waals surface area contributed by atoms with Crippen LogP contribution >= 0.6 is 0 Å². The molecule has 0 spiro atoms. The molecule has 2 N–H and O–H groups in total. The van der Waals surface area contributed by atoms with Crippen molar-refractivity contribution in [3.05, 3.63) is 30.1 Å². The van der Waals surface area contributed by atoms with Crippen molar-refractivity contribution in [3.8, 4) is 0 Å². The molecule has 0 bridgehead atoms. The fraction of sp³-hybridized carbons (Fsp3) is 0.643. The second-order valence-electron chi connectivity index (χ2n) is 5.73. The van der Waals surface area contributed by atoms with Crippen molar-refractivity contribution >= 4 is 0 Å². The van der Waals surface area contributed by atoms with Crippen molar-refractivity contribution < 1.29 is 18.3 Å². The lowest BCUT2D eigenvalue weighted by Crippen LogP contribution is -2.38. The number of alkyl halides is 3. The Morgan fingerprint density at radius 3 is 2.70 bits per heavy atom. The van der Waals surface area contributed by atoms with Gasteiger partial charge in [0.15, 0.2) is 0 Å². The van der Waals surface area contributed by atoms with Gasteiger partial charge in [-0.3, -0.25) is 5.10 Å². The van der Waals surface area contributed by atoms with Crippen LogP contribution in [-0.2, 0) is 19.1 Å². The van der Waals surface area contributed by atoms with Gasteiger partial charge in [-0.05, 0) is 6.42 Å². The molecular formula is C14H20F3N5O. The molecule has 0 aliphatic heterocycles. The van der Waals surface area contributed by atoms with E-state index < -0.39 is 17.5 Å². The summed E-state index contributed by atoms with van der Waals surface area (Å²) in [5.41, 5.74) is -1.70. The Bertz CT molecular complexity index is 596. The molecule has 2 heterocycles. The Morgan fingerprint density at radius 2 is 2.09 bits per heavy atom. The fourth-order valence-electron chi connectivity index (χ4n) is 2.58. The molecule has 0 saturated carbocycles. The molecule has 0 amide bonds. The zero-order chi connectivity index (χ0) is 16.9. The van der Waals surface area contributed by atoms with Crippen LogP contribution in [0.2, 0.25) is 0 Å². The maximum Gasteiger partial charge on any atom is 0.432 e. The Morgan fingerprint density at radius 1 is 1.30 bits per heavy atom. The summed E-state index contributed by atoms with van der Waals surface area (Å²) >= 11 is 0. The molecule has 9 heteroatoms. The first-order chi connectivity index (χ1) is 10.8. The minimum atomic E-state index is -4.51. The molecule has 0 radical (unpaired) electrons. The van der Waals surface area contributed by atoms with Crippen LogP contribution in [0.15, 0.2) is 18.7 Å². The van der Waals surface area contributed by atoms with Crippen LogP contribution in [-0.4, -0.2) is 35.7 Å². The zero-order valence-electron chi connectivity index (χ0n) is 12.8. The first-order valence-corrected chi connectivity index (χ1v) is 7.49. The van der Waals surface area contributed by atoms with Crippen LogP contribution in [0, 0.1) is 0 Å². The first-order valence-electron chi connectivity index (χ1n) is 7.49. The fourth-order valence-corrected chi connectivity index (χ4v) is 2.58. The third-order valence-corrected chi connectivity index (χ3v) is 3.69. The van der Waals surface area contributed by atoms with Gasteiger partial charge < -0.3 is 9.67 Å². The van der Waals surface area contributed by atoms with Gasteiger partial charge in [-0.15, -0.1) is 5.10 Å². The van der Waals surface area contributed by atoms with Gasteiger partial charge in [-0.25, -0.2) is 4.98 Å². The number of unbranched alkanes of at least 4 members (excludes halogenated alkanes) is 2. The van der Waals surface area contributed by atoms with Gasteiger partial charge in [0, 0.05) is 12.6 Å². The molecule has 0 saturated heterocycles. The van der Waals surface area contributed by atoms with Crippen molar-refractivity contribution in [3.63, 3.8) is 0 Å². The van der Waals surface area contributed by atoms with Gasteiger partial charge in [-0.1, -0.05) is 31.4 Å². The molecule has 2 aromatic rings. The second-order valence-corrected chi connectivity index (χ2v) is 5.73. The van der Waals surface area contributed by atoms with Gasteiger partial charge in [-0.2, -0.15) is 13.2 Å². The van der Waals surface area contributed by atoms with Gasteiger partial charge in [0.25, 0.3) is 0 Å². The summed E-state index contributed by atoms with van der Waals surface area (Å²) in [7, 11) is 0. The number of hydrogen-bond acceptors (Lipinski definition) is 4. The Hall–Kier alpha value is -1.90. The van der Waals surface area contributed by atoms with Crippen LogP contribution in [0.25, 0.3) is 0 Å². The Balaban J connectivity index is 2.18. The molecule has 0 aliphatic carbocycles. The number of hydrogen-bond donors (Lipinski definition) is 2. The third-order valence-electron chi connectivity index (χ3n) is 3.69. The predicted molar refractivity (Wildman–Crippen MR) is 76.4 cm³/mol. The normalized spacial score (nSPS) is 14.8. The molecule has 0 fully saturated rings. The largest absolute Gasteiger partial charge is 0.432 e. The van der Waals surface area contributed by atoms with Crippen molar-refractivity contribution in [1.29, 1.82) is 0 Å². The van der Waals surface area contributed by atoms with Crippen molar-refractivity contribution in [1.82, 2.24) is 25.0 Å². The maximum atomic E-state index is 13.0. The summed E-state index contributed by atoms with van der Waals surface area (Å²) in [6.45, 7) is 1.83. The zero-order valence-corrected chi connectivity index (χ0v) is 12.8. The van der Waals surface area contributed by atoms with Crippen molar-refractivity contribution in [2.24, 2.45) is 0 Å². The van der Waals surface area contributed by atoms with Gasteiger partial charge in [0.05, 0.1) is 30.4 Å². The molecule has 2 rings (SSSR count). The summed E-state index contributed by atoms with van der Waals surface area (Å²) in [6, 6.07) is 0. The number of nitrogens with one attached hydrogen (secondary N) is 1. The summed E-state index contributed by atoms with van der Waals surface area (Å²) in [4.78, 5) is 3.56. The van der Waals surface area contributed by atoms with E-state index in [1.165, 1.54) is 6.20 Å². The van der Waals surface area contributed by atoms with E-state index in [0.29, 0.717) is 12.1 Å². The number of nitrogens with zero attached hydrogens (tertiary/aromatic N) is 4. The molecular weight excluding hydrogens is 311 g/mol. The molecule has 0 aliphatic rings. The number of imidazole rings is 1. The van der Waals surface area contributed by atoms with E-state index in [2.05, 4.69) is 20.4 Å². The smallest absolute Gasteiger partial charge is 0.388 e. The van der Waals surface area contributed by atoms with E-state index in [-0.39, 0.29) is 13.0 Å². The van der Waals surface area contributed by atoms with E-state index in [1.54, 1.807) is 0 Å². The molecule has 1 unspecified atom stereocenters. The van der Waals surface area contributed by atoms with Crippen LogP contribution in [0.3, 0.4) is 0 Å². The second kappa shape index (κ2) is 7.12. The lowest BCUT2D eigenvalue weighted by atomic mass is 9.91. The number of aromatic amines is 1. The first kappa shape index (κ1) is 17.5. The minimum absolute atomic E-state index is 0.128. The van der Waals surface area contributed by atoms with E-state index in [9.17, 15) is 18.3 Å². The number of aliphatic hydroxyl groups is 1. The van der Waals surface area contributed by atoms with E-state index >= 15 is 0 Å². The maximum absolute atomic E-state index is 13.0. The highest BCUT2D eigenvalue weighted by molar-refractivity contribution is 5.06. The third kappa shape index (κ3) is 4.78. The number of aromatic nitrogens is 5. The highest BCUT2D eigenvalue weighted by Gasteiger charge is 2.37. The summed E-state index contributed by atoms with van der Waals surface area (Å²) in [6.07, 6.45) is 1.97. The van der Waals surface area contributed by atoms with Gasteiger partial charge in [0.1, 0.15) is 5.69 Å². The van der Waals surface area contributed by atoms with Crippen LogP contribution in [0.5, 0.6) is 0 Å².